The van der Waals surface area contributed by atoms with Crippen molar-refractivity contribution in [3.05, 3.63) is 35.4 Å². The van der Waals surface area contributed by atoms with Crippen molar-refractivity contribution in [1.29, 1.82) is 0 Å². The van der Waals surface area contributed by atoms with E-state index in [0.717, 1.165) is 30.8 Å². The zero-order valence-corrected chi connectivity index (χ0v) is 11.2. The first-order chi connectivity index (χ1) is 8.56. The maximum absolute atomic E-state index is 11.6. The van der Waals surface area contributed by atoms with Crippen molar-refractivity contribution in [3.63, 3.8) is 0 Å². The minimum absolute atomic E-state index is 0.173. The number of hydrogen-bond acceptors (Lipinski definition) is 3. The maximum atomic E-state index is 11.6. The van der Waals surface area contributed by atoms with E-state index in [1.807, 2.05) is 31.3 Å². The molecule has 96 valence electrons. The number of amides is 1. The Morgan fingerprint density at radius 2 is 2.22 bits per heavy atom. The van der Waals surface area contributed by atoms with Crippen molar-refractivity contribution in [2.45, 2.75) is 6.54 Å². The van der Waals surface area contributed by atoms with Crippen LogP contribution in [0.5, 0.6) is 0 Å². The molecular formula is C13H17N3OS. The van der Waals surface area contributed by atoms with E-state index in [0.29, 0.717) is 11.5 Å². The van der Waals surface area contributed by atoms with Gasteiger partial charge in [0, 0.05) is 32.2 Å². The summed E-state index contributed by atoms with van der Waals surface area (Å²) in [6.45, 7) is 2.93. The Bertz CT molecular complexity index is 475. The predicted octanol–water partition coefficient (Wildman–Crippen LogP) is 0.595. The summed E-state index contributed by atoms with van der Waals surface area (Å²) in [7, 11) is 1.84. The fourth-order valence-corrected chi connectivity index (χ4v) is 2.15. The molecule has 0 aliphatic carbocycles. The molecule has 0 spiro atoms. The zero-order valence-electron chi connectivity index (χ0n) is 10.4. The van der Waals surface area contributed by atoms with Gasteiger partial charge in [-0.25, -0.2) is 0 Å². The Morgan fingerprint density at radius 1 is 1.44 bits per heavy atom. The number of piperazine rings is 1. The average Bonchev–Trinajstić information content (AvgIpc) is 2.34. The molecule has 1 amide bonds. The van der Waals surface area contributed by atoms with Gasteiger partial charge < -0.3 is 10.6 Å². The van der Waals surface area contributed by atoms with Crippen molar-refractivity contribution in [2.75, 3.05) is 26.7 Å². The van der Waals surface area contributed by atoms with E-state index >= 15 is 0 Å². The first-order valence-corrected chi connectivity index (χ1v) is 6.32. The molecular weight excluding hydrogens is 246 g/mol. The predicted molar refractivity (Wildman–Crippen MR) is 75.2 cm³/mol. The summed E-state index contributed by atoms with van der Waals surface area (Å²) >= 11 is 4.96. The summed E-state index contributed by atoms with van der Waals surface area (Å²) < 4.78 is 0. The Kier molecular flexibility index (Phi) is 3.93. The van der Waals surface area contributed by atoms with Crippen LogP contribution in [0.2, 0.25) is 0 Å². The molecule has 1 aromatic carbocycles. The van der Waals surface area contributed by atoms with Crippen molar-refractivity contribution in [3.8, 4) is 0 Å². The van der Waals surface area contributed by atoms with Crippen LogP contribution in [0.25, 0.3) is 0 Å². The van der Waals surface area contributed by atoms with Gasteiger partial charge in [-0.05, 0) is 11.6 Å². The molecule has 0 saturated carbocycles. The van der Waals surface area contributed by atoms with Gasteiger partial charge in [0.1, 0.15) is 4.99 Å². The third-order valence-corrected chi connectivity index (χ3v) is 3.39. The fraction of sp³-hybridized carbons (Fsp3) is 0.385. The summed E-state index contributed by atoms with van der Waals surface area (Å²) in [5, 5.41) is 0. The molecule has 4 nitrogen and oxygen atoms in total. The number of hydrogen-bond donors (Lipinski definition) is 1. The second-order valence-corrected chi connectivity index (χ2v) is 5.03. The molecule has 1 saturated heterocycles. The van der Waals surface area contributed by atoms with Gasteiger partial charge in [-0.3, -0.25) is 9.69 Å². The normalized spacial score (nSPS) is 16.9. The lowest BCUT2D eigenvalue weighted by Crippen LogP contribution is -2.47. The highest BCUT2D eigenvalue weighted by Crippen LogP contribution is 2.10. The van der Waals surface area contributed by atoms with Crippen molar-refractivity contribution in [2.24, 2.45) is 5.73 Å². The van der Waals surface area contributed by atoms with E-state index in [9.17, 15) is 4.79 Å². The van der Waals surface area contributed by atoms with Crippen molar-refractivity contribution >= 4 is 23.1 Å². The smallest absolute Gasteiger partial charge is 0.236 e. The molecule has 1 fully saturated rings. The summed E-state index contributed by atoms with van der Waals surface area (Å²) in [4.78, 5) is 15.9. The average molecular weight is 263 g/mol. The monoisotopic (exact) mass is 263 g/mol. The summed E-state index contributed by atoms with van der Waals surface area (Å²) in [6.07, 6.45) is 0. The molecule has 1 aromatic rings. The van der Waals surface area contributed by atoms with E-state index in [-0.39, 0.29) is 5.91 Å². The van der Waals surface area contributed by atoms with E-state index < -0.39 is 0 Å². The van der Waals surface area contributed by atoms with E-state index in [1.54, 1.807) is 4.90 Å². The lowest BCUT2D eigenvalue weighted by molar-refractivity contribution is -0.134. The number of rotatable bonds is 3. The van der Waals surface area contributed by atoms with Gasteiger partial charge in [0.05, 0.1) is 6.54 Å². The largest absolute Gasteiger partial charge is 0.389 e. The fourth-order valence-electron chi connectivity index (χ4n) is 2.02. The van der Waals surface area contributed by atoms with Crippen LogP contribution in [0, 0.1) is 0 Å². The third-order valence-electron chi connectivity index (χ3n) is 3.15. The van der Waals surface area contributed by atoms with Crippen LogP contribution < -0.4 is 5.73 Å². The van der Waals surface area contributed by atoms with Gasteiger partial charge in [0.2, 0.25) is 5.91 Å². The molecule has 2 N–H and O–H groups in total. The maximum Gasteiger partial charge on any atom is 0.236 e. The summed E-state index contributed by atoms with van der Waals surface area (Å²) in [5.41, 5.74) is 7.63. The molecule has 0 atom stereocenters. The second-order valence-electron chi connectivity index (χ2n) is 4.59. The molecule has 0 unspecified atom stereocenters. The number of carbonyl (C=O) groups excluding carboxylic acids is 1. The third kappa shape index (κ3) is 3.05. The topological polar surface area (TPSA) is 49.6 Å². The van der Waals surface area contributed by atoms with E-state index in [1.165, 1.54) is 0 Å². The highest BCUT2D eigenvalue weighted by atomic mass is 32.1. The first-order valence-electron chi connectivity index (χ1n) is 5.91. The van der Waals surface area contributed by atoms with E-state index in [2.05, 4.69) is 4.90 Å². The molecule has 0 aromatic heterocycles. The lowest BCUT2D eigenvalue weighted by Gasteiger charge is -2.31. The van der Waals surface area contributed by atoms with Crippen LogP contribution in [0.1, 0.15) is 11.1 Å². The van der Waals surface area contributed by atoms with Crippen LogP contribution in [0.3, 0.4) is 0 Å². The molecule has 1 heterocycles. The number of nitrogens with two attached hydrogens (primary N) is 1. The SMILES string of the molecule is CN1CCN(Cc2cccc(C(N)=S)c2)CC1=O. The van der Waals surface area contributed by atoms with Crippen molar-refractivity contribution < 1.29 is 4.79 Å². The quantitative estimate of drug-likeness (QED) is 0.811. The van der Waals surface area contributed by atoms with Gasteiger partial charge in [-0.1, -0.05) is 30.4 Å². The highest BCUT2D eigenvalue weighted by Gasteiger charge is 2.20. The molecule has 2 rings (SSSR count). The molecule has 1 aliphatic rings. The molecule has 5 heteroatoms. The van der Waals surface area contributed by atoms with Crippen LogP contribution in [0.15, 0.2) is 24.3 Å². The standard InChI is InChI=1S/C13H17N3OS/c1-15-5-6-16(9-12(15)17)8-10-3-2-4-11(7-10)13(14)18/h2-4,7H,5-6,8-9H2,1H3,(H2,14,18). The Balaban J connectivity index is 2.03. The molecule has 1 aliphatic heterocycles. The second kappa shape index (κ2) is 5.46. The molecule has 18 heavy (non-hydrogen) atoms. The van der Waals surface area contributed by atoms with Gasteiger partial charge in [0.25, 0.3) is 0 Å². The number of carbonyl (C=O) groups is 1. The van der Waals surface area contributed by atoms with Gasteiger partial charge >= 0.3 is 0 Å². The van der Waals surface area contributed by atoms with Crippen LogP contribution in [-0.4, -0.2) is 47.4 Å². The Morgan fingerprint density at radius 3 is 2.89 bits per heavy atom. The zero-order chi connectivity index (χ0) is 13.1. The number of thiocarbonyl (C=S) groups is 1. The van der Waals surface area contributed by atoms with Crippen LogP contribution >= 0.6 is 12.2 Å². The Hall–Kier alpha value is -1.46. The number of nitrogens with zero attached hydrogens (tertiary/aromatic N) is 2. The molecule has 0 bridgehead atoms. The minimum atomic E-state index is 0.173. The van der Waals surface area contributed by atoms with Gasteiger partial charge in [0.15, 0.2) is 0 Å². The summed E-state index contributed by atoms with van der Waals surface area (Å²) in [6, 6.07) is 7.87. The number of likely N-dealkylation sites (N-methyl/N-ethyl adjacent to an activating group) is 1. The highest BCUT2D eigenvalue weighted by molar-refractivity contribution is 7.80. The van der Waals surface area contributed by atoms with Crippen LogP contribution in [-0.2, 0) is 11.3 Å². The lowest BCUT2D eigenvalue weighted by atomic mass is 10.1. The molecule has 0 radical (unpaired) electrons. The van der Waals surface area contributed by atoms with Gasteiger partial charge in [-0.2, -0.15) is 0 Å². The first kappa shape index (κ1) is 13.0. The number of benzene rings is 1. The van der Waals surface area contributed by atoms with E-state index in [4.69, 9.17) is 18.0 Å². The van der Waals surface area contributed by atoms with Gasteiger partial charge in [-0.15, -0.1) is 0 Å². The van der Waals surface area contributed by atoms with Crippen molar-refractivity contribution in [1.82, 2.24) is 9.80 Å². The Labute approximate surface area is 112 Å². The van der Waals surface area contributed by atoms with Crippen LogP contribution in [0.4, 0.5) is 0 Å². The minimum Gasteiger partial charge on any atom is -0.389 e. The summed E-state index contributed by atoms with van der Waals surface area (Å²) in [5.74, 6) is 0.173.